The van der Waals surface area contributed by atoms with Crippen molar-refractivity contribution in [1.29, 1.82) is 0 Å². The molecule has 2 unspecified atom stereocenters. The molecular weight excluding hydrogens is 218 g/mol. The fourth-order valence-corrected chi connectivity index (χ4v) is 2.23. The van der Waals surface area contributed by atoms with Crippen molar-refractivity contribution in [3.8, 4) is 0 Å². The Hall–Kier alpha value is -1.68. The SMILES string of the molecule is CC1OC1CCN1C(=O)c2ccccc2C1=O. The van der Waals surface area contributed by atoms with Gasteiger partial charge in [-0.25, -0.2) is 0 Å². The second-order valence-electron chi connectivity index (χ2n) is 4.48. The number of benzene rings is 1. The maximum atomic E-state index is 12.0. The van der Waals surface area contributed by atoms with E-state index in [9.17, 15) is 9.59 Å². The van der Waals surface area contributed by atoms with Crippen LogP contribution < -0.4 is 0 Å². The molecule has 1 aromatic rings. The minimum absolute atomic E-state index is 0.182. The lowest BCUT2D eigenvalue weighted by Gasteiger charge is -2.12. The van der Waals surface area contributed by atoms with E-state index in [1.165, 1.54) is 4.90 Å². The molecule has 1 saturated heterocycles. The van der Waals surface area contributed by atoms with Crippen molar-refractivity contribution in [2.75, 3.05) is 6.54 Å². The van der Waals surface area contributed by atoms with Gasteiger partial charge in [-0.2, -0.15) is 0 Å². The number of amides is 2. The quantitative estimate of drug-likeness (QED) is 0.584. The molecule has 0 N–H and O–H groups in total. The Morgan fingerprint density at radius 3 is 2.18 bits per heavy atom. The van der Waals surface area contributed by atoms with E-state index >= 15 is 0 Å². The summed E-state index contributed by atoms with van der Waals surface area (Å²) in [7, 11) is 0. The first-order valence-corrected chi connectivity index (χ1v) is 5.79. The number of epoxide rings is 1. The van der Waals surface area contributed by atoms with Gasteiger partial charge in [0.1, 0.15) is 0 Å². The minimum Gasteiger partial charge on any atom is -0.370 e. The van der Waals surface area contributed by atoms with Crippen LogP contribution >= 0.6 is 0 Å². The molecule has 0 spiro atoms. The van der Waals surface area contributed by atoms with E-state index in [1.54, 1.807) is 24.3 Å². The maximum Gasteiger partial charge on any atom is 0.261 e. The van der Waals surface area contributed by atoms with Gasteiger partial charge < -0.3 is 4.74 Å². The van der Waals surface area contributed by atoms with E-state index in [2.05, 4.69) is 0 Å². The van der Waals surface area contributed by atoms with Gasteiger partial charge in [0.15, 0.2) is 0 Å². The highest BCUT2D eigenvalue weighted by Crippen LogP contribution is 2.27. The Kier molecular flexibility index (Phi) is 2.26. The van der Waals surface area contributed by atoms with Crippen LogP contribution in [-0.4, -0.2) is 35.5 Å². The van der Waals surface area contributed by atoms with E-state index < -0.39 is 0 Å². The van der Waals surface area contributed by atoms with Gasteiger partial charge in [-0.15, -0.1) is 0 Å². The molecule has 3 rings (SSSR count). The summed E-state index contributed by atoms with van der Waals surface area (Å²) in [5.74, 6) is -0.363. The minimum atomic E-state index is -0.182. The second-order valence-corrected chi connectivity index (χ2v) is 4.48. The predicted octanol–water partition coefficient (Wildman–Crippen LogP) is 1.46. The highest BCUT2D eigenvalue weighted by molar-refractivity contribution is 6.21. The molecular formula is C13H13NO3. The van der Waals surface area contributed by atoms with Crippen molar-refractivity contribution in [1.82, 2.24) is 4.90 Å². The van der Waals surface area contributed by atoms with Crippen LogP contribution in [-0.2, 0) is 4.74 Å². The lowest BCUT2D eigenvalue weighted by Crippen LogP contribution is -2.31. The van der Waals surface area contributed by atoms with E-state index in [4.69, 9.17) is 4.74 Å². The highest BCUT2D eigenvalue weighted by atomic mass is 16.6. The van der Waals surface area contributed by atoms with E-state index in [-0.39, 0.29) is 24.0 Å². The Balaban J connectivity index is 1.76. The molecule has 0 aliphatic carbocycles. The summed E-state index contributed by atoms with van der Waals surface area (Å²) in [6.45, 7) is 2.44. The van der Waals surface area contributed by atoms with E-state index in [0.717, 1.165) is 6.42 Å². The zero-order chi connectivity index (χ0) is 12.0. The van der Waals surface area contributed by atoms with Gasteiger partial charge in [0.2, 0.25) is 0 Å². The number of hydrogen-bond donors (Lipinski definition) is 0. The third-order valence-electron chi connectivity index (χ3n) is 3.35. The molecule has 2 atom stereocenters. The molecule has 2 aliphatic rings. The molecule has 0 radical (unpaired) electrons. The van der Waals surface area contributed by atoms with Crippen LogP contribution in [0, 0.1) is 0 Å². The first-order valence-electron chi connectivity index (χ1n) is 5.79. The number of hydrogen-bond acceptors (Lipinski definition) is 3. The Morgan fingerprint density at radius 1 is 1.18 bits per heavy atom. The van der Waals surface area contributed by atoms with Crippen molar-refractivity contribution in [2.45, 2.75) is 25.6 Å². The standard InChI is InChI=1S/C13H13NO3/c1-8-11(17-8)6-7-14-12(15)9-4-2-3-5-10(9)13(14)16/h2-5,8,11H,6-7H2,1H3. The van der Waals surface area contributed by atoms with Crippen LogP contribution in [0.25, 0.3) is 0 Å². The van der Waals surface area contributed by atoms with Crippen molar-refractivity contribution < 1.29 is 14.3 Å². The first-order chi connectivity index (χ1) is 8.18. The van der Waals surface area contributed by atoms with Gasteiger partial charge in [0.25, 0.3) is 11.8 Å². The molecule has 1 fully saturated rings. The molecule has 4 heteroatoms. The van der Waals surface area contributed by atoms with Crippen molar-refractivity contribution in [2.24, 2.45) is 0 Å². The van der Waals surface area contributed by atoms with Gasteiger partial charge in [0.05, 0.1) is 23.3 Å². The lowest BCUT2D eigenvalue weighted by molar-refractivity contribution is 0.0649. The fraction of sp³-hybridized carbons (Fsp3) is 0.385. The monoisotopic (exact) mass is 231 g/mol. The molecule has 0 saturated carbocycles. The number of carbonyl (C=O) groups excluding carboxylic acids is 2. The van der Waals surface area contributed by atoms with Crippen molar-refractivity contribution in [3.05, 3.63) is 35.4 Å². The third kappa shape index (κ3) is 1.65. The van der Waals surface area contributed by atoms with Gasteiger partial charge >= 0.3 is 0 Å². The first kappa shape index (κ1) is 10.5. The third-order valence-corrected chi connectivity index (χ3v) is 3.35. The topological polar surface area (TPSA) is 49.9 Å². The van der Waals surface area contributed by atoms with Crippen LogP contribution in [0.3, 0.4) is 0 Å². The number of ether oxygens (including phenoxy) is 1. The number of nitrogens with zero attached hydrogens (tertiary/aromatic N) is 1. The largest absolute Gasteiger partial charge is 0.370 e. The van der Waals surface area contributed by atoms with Crippen LogP contribution in [0.4, 0.5) is 0 Å². The summed E-state index contributed by atoms with van der Waals surface area (Å²) in [6, 6.07) is 6.96. The zero-order valence-electron chi connectivity index (χ0n) is 9.55. The average Bonchev–Trinajstić information content (AvgIpc) is 2.99. The highest BCUT2D eigenvalue weighted by Gasteiger charge is 2.38. The number of fused-ring (bicyclic) bond motifs is 1. The van der Waals surface area contributed by atoms with Gasteiger partial charge in [-0.3, -0.25) is 14.5 Å². The molecule has 0 bridgehead atoms. The van der Waals surface area contributed by atoms with Gasteiger partial charge in [-0.1, -0.05) is 12.1 Å². The maximum absolute atomic E-state index is 12.0. The van der Waals surface area contributed by atoms with Gasteiger partial charge in [0, 0.05) is 6.54 Å². The second kappa shape index (κ2) is 3.67. The Morgan fingerprint density at radius 2 is 1.71 bits per heavy atom. The van der Waals surface area contributed by atoms with Crippen LogP contribution in [0.5, 0.6) is 0 Å². The Bertz CT molecular complexity index is 462. The van der Waals surface area contributed by atoms with Crippen LogP contribution in [0.1, 0.15) is 34.1 Å². The van der Waals surface area contributed by atoms with Crippen molar-refractivity contribution >= 4 is 11.8 Å². The smallest absolute Gasteiger partial charge is 0.261 e. The number of carbonyl (C=O) groups is 2. The molecule has 2 amide bonds. The molecule has 88 valence electrons. The molecule has 2 aliphatic heterocycles. The zero-order valence-corrected chi connectivity index (χ0v) is 9.55. The summed E-state index contributed by atoms with van der Waals surface area (Å²) in [4.78, 5) is 25.3. The van der Waals surface area contributed by atoms with E-state index in [1.807, 2.05) is 6.92 Å². The lowest BCUT2D eigenvalue weighted by atomic mass is 10.1. The summed E-state index contributed by atoms with van der Waals surface area (Å²) < 4.78 is 5.27. The normalized spacial score (nSPS) is 26.3. The number of rotatable bonds is 3. The number of imide groups is 1. The summed E-state index contributed by atoms with van der Waals surface area (Å²) in [5, 5.41) is 0. The molecule has 17 heavy (non-hydrogen) atoms. The van der Waals surface area contributed by atoms with Crippen molar-refractivity contribution in [3.63, 3.8) is 0 Å². The molecule has 1 aromatic carbocycles. The molecule has 4 nitrogen and oxygen atoms in total. The summed E-state index contributed by atoms with van der Waals surface area (Å²) >= 11 is 0. The van der Waals surface area contributed by atoms with Crippen LogP contribution in [0.2, 0.25) is 0 Å². The predicted molar refractivity (Wildman–Crippen MR) is 60.8 cm³/mol. The average molecular weight is 231 g/mol. The van der Waals surface area contributed by atoms with E-state index in [0.29, 0.717) is 17.7 Å². The fourth-order valence-electron chi connectivity index (χ4n) is 2.23. The Labute approximate surface area is 99.2 Å². The van der Waals surface area contributed by atoms with Gasteiger partial charge in [-0.05, 0) is 25.5 Å². The van der Waals surface area contributed by atoms with Crippen LogP contribution in [0.15, 0.2) is 24.3 Å². The summed E-state index contributed by atoms with van der Waals surface area (Å²) in [6.07, 6.45) is 1.21. The molecule has 2 heterocycles. The summed E-state index contributed by atoms with van der Waals surface area (Å²) in [5.41, 5.74) is 1.03. The molecule has 0 aromatic heterocycles.